The molecule has 25 heavy (non-hydrogen) atoms. The summed E-state index contributed by atoms with van der Waals surface area (Å²) >= 11 is 3.54. The van der Waals surface area contributed by atoms with Gasteiger partial charge in [-0.15, -0.1) is 0 Å². The van der Waals surface area contributed by atoms with E-state index in [-0.39, 0.29) is 22.8 Å². The largest absolute Gasteiger partial charge is 0.381 e. The molecule has 6 heteroatoms. The van der Waals surface area contributed by atoms with Crippen LogP contribution in [0.2, 0.25) is 0 Å². The first-order valence-corrected chi connectivity index (χ1v) is 9.55. The molecule has 3 amide bonds. The van der Waals surface area contributed by atoms with Gasteiger partial charge in [-0.2, -0.15) is 0 Å². The summed E-state index contributed by atoms with van der Waals surface area (Å²) in [7, 11) is 1.74. The molecule has 1 aliphatic heterocycles. The maximum absolute atomic E-state index is 13.2. The maximum Gasteiger partial charge on any atom is 0.322 e. The summed E-state index contributed by atoms with van der Waals surface area (Å²) in [5, 5.41) is 5.56. The molecule has 3 aliphatic rings. The molecule has 2 spiro atoms. The summed E-state index contributed by atoms with van der Waals surface area (Å²) in [6.07, 6.45) is 3.66. The van der Waals surface area contributed by atoms with Gasteiger partial charge in [0, 0.05) is 17.0 Å². The second-order valence-corrected chi connectivity index (χ2v) is 8.91. The Hall–Kier alpha value is -1.40. The summed E-state index contributed by atoms with van der Waals surface area (Å²) in [5.41, 5.74) is 0.450. The molecule has 1 aromatic carbocycles. The number of benzene rings is 1. The highest BCUT2D eigenvalue weighted by molar-refractivity contribution is 9.10. The number of halogens is 1. The van der Waals surface area contributed by atoms with Crippen LogP contribution in [0.3, 0.4) is 0 Å². The lowest BCUT2D eigenvalue weighted by Crippen LogP contribution is -2.61. The Morgan fingerprint density at radius 1 is 1.16 bits per heavy atom. The first kappa shape index (κ1) is 17.0. The molecule has 2 fully saturated rings. The molecule has 1 aromatic rings. The zero-order valence-electron chi connectivity index (χ0n) is 14.7. The van der Waals surface area contributed by atoms with Gasteiger partial charge in [0.25, 0.3) is 5.91 Å². The molecule has 1 unspecified atom stereocenters. The predicted octanol–water partition coefficient (Wildman–Crippen LogP) is 3.35. The zero-order chi connectivity index (χ0) is 18.0. The average Bonchev–Trinajstić information content (AvgIpc) is 2.95. The van der Waals surface area contributed by atoms with E-state index >= 15 is 0 Å². The highest BCUT2D eigenvalue weighted by Gasteiger charge is 2.72. The van der Waals surface area contributed by atoms with Gasteiger partial charge in [0.15, 0.2) is 5.54 Å². The smallest absolute Gasteiger partial charge is 0.322 e. The van der Waals surface area contributed by atoms with Crippen LogP contribution in [0.15, 0.2) is 22.7 Å². The van der Waals surface area contributed by atoms with Crippen molar-refractivity contribution in [2.45, 2.75) is 56.6 Å². The third-order valence-electron chi connectivity index (χ3n) is 6.96. The van der Waals surface area contributed by atoms with Crippen LogP contribution in [0.4, 0.5) is 4.79 Å². The van der Waals surface area contributed by atoms with Crippen molar-refractivity contribution < 1.29 is 14.3 Å². The summed E-state index contributed by atoms with van der Waals surface area (Å²) < 4.78 is 6.48. The van der Waals surface area contributed by atoms with Crippen LogP contribution in [0.1, 0.15) is 50.7 Å². The number of nitrogens with one attached hydrogen (secondary N) is 2. The van der Waals surface area contributed by atoms with E-state index < -0.39 is 11.6 Å². The van der Waals surface area contributed by atoms with E-state index in [0.29, 0.717) is 0 Å². The Morgan fingerprint density at radius 3 is 2.40 bits per heavy atom. The van der Waals surface area contributed by atoms with Crippen LogP contribution < -0.4 is 10.6 Å². The fourth-order valence-corrected chi connectivity index (χ4v) is 6.02. The van der Waals surface area contributed by atoms with Crippen LogP contribution in [0, 0.1) is 5.41 Å². The molecule has 2 aliphatic carbocycles. The number of urea groups is 1. The normalized spacial score (nSPS) is 35.8. The zero-order valence-corrected chi connectivity index (χ0v) is 16.3. The number of fused-ring (bicyclic) bond motifs is 3. The number of carbonyl (C=O) groups is 2. The monoisotopic (exact) mass is 406 g/mol. The Morgan fingerprint density at radius 2 is 1.84 bits per heavy atom. The van der Waals surface area contributed by atoms with Gasteiger partial charge >= 0.3 is 6.03 Å². The second-order valence-electron chi connectivity index (χ2n) is 7.99. The van der Waals surface area contributed by atoms with E-state index in [9.17, 15) is 9.59 Å². The van der Waals surface area contributed by atoms with Crippen molar-refractivity contribution in [1.82, 2.24) is 10.6 Å². The first-order chi connectivity index (χ1) is 11.8. The third-order valence-corrected chi connectivity index (χ3v) is 7.45. The number of ether oxygens (including phenoxy) is 1. The Bertz CT molecular complexity index is 768. The Labute approximate surface area is 156 Å². The van der Waals surface area contributed by atoms with Gasteiger partial charge in [0.2, 0.25) is 0 Å². The fraction of sp³-hybridized carbons (Fsp3) is 0.579. The lowest BCUT2D eigenvalue weighted by Gasteiger charge is -2.52. The van der Waals surface area contributed by atoms with E-state index in [0.717, 1.165) is 41.3 Å². The number of methoxy groups -OCH3 is 1. The van der Waals surface area contributed by atoms with E-state index in [1.165, 1.54) is 0 Å². The molecular formula is C19H23BrN2O3. The van der Waals surface area contributed by atoms with Crippen molar-refractivity contribution >= 4 is 27.9 Å². The Balaban J connectivity index is 1.97. The highest BCUT2D eigenvalue weighted by atomic mass is 79.9. The second kappa shape index (κ2) is 5.30. The predicted molar refractivity (Wildman–Crippen MR) is 97.2 cm³/mol. The summed E-state index contributed by atoms with van der Waals surface area (Å²) in [6.45, 7) is 4.42. The van der Waals surface area contributed by atoms with E-state index in [2.05, 4.69) is 46.5 Å². The minimum Gasteiger partial charge on any atom is -0.381 e. The molecule has 0 radical (unpaired) electrons. The molecule has 0 bridgehead atoms. The molecule has 0 aromatic heterocycles. The van der Waals surface area contributed by atoms with Crippen molar-refractivity contribution in [2.75, 3.05) is 7.11 Å². The van der Waals surface area contributed by atoms with Gasteiger partial charge in [-0.25, -0.2) is 4.79 Å². The Kier molecular flexibility index (Phi) is 3.61. The minimum absolute atomic E-state index is 0.217. The van der Waals surface area contributed by atoms with Gasteiger partial charge in [-0.1, -0.05) is 35.8 Å². The van der Waals surface area contributed by atoms with Gasteiger partial charge < -0.3 is 10.1 Å². The number of carbonyl (C=O) groups excluding carboxylic acids is 2. The van der Waals surface area contributed by atoms with Gasteiger partial charge in [0.05, 0.1) is 6.10 Å². The molecule has 5 nitrogen and oxygen atoms in total. The molecule has 1 saturated carbocycles. The third kappa shape index (κ3) is 1.92. The molecule has 1 saturated heterocycles. The van der Waals surface area contributed by atoms with Crippen molar-refractivity contribution in [2.24, 2.45) is 5.41 Å². The van der Waals surface area contributed by atoms with E-state index in [4.69, 9.17) is 4.74 Å². The topological polar surface area (TPSA) is 67.4 Å². The van der Waals surface area contributed by atoms with Crippen LogP contribution in [-0.2, 0) is 20.5 Å². The standard InChI is InChI=1S/C19H23BrN2O3/c1-17(2)13-5-4-11(20)10-14(13)19(15(23)21-16(24)22-19)18(17)8-6-12(25-3)7-9-18/h4-5,10,12H,6-9H2,1-3H3,(H2,21,22,23,24). The summed E-state index contributed by atoms with van der Waals surface area (Å²) in [6, 6.07) is 5.71. The molecule has 1 atom stereocenters. The van der Waals surface area contributed by atoms with E-state index in [1.54, 1.807) is 7.11 Å². The van der Waals surface area contributed by atoms with Gasteiger partial charge in [-0.3, -0.25) is 10.1 Å². The summed E-state index contributed by atoms with van der Waals surface area (Å²) in [4.78, 5) is 25.3. The van der Waals surface area contributed by atoms with E-state index in [1.807, 2.05) is 12.1 Å². The molecule has 2 N–H and O–H groups in total. The average molecular weight is 407 g/mol. The number of hydrogen-bond donors (Lipinski definition) is 2. The number of rotatable bonds is 1. The van der Waals surface area contributed by atoms with Crippen LogP contribution in [0.25, 0.3) is 0 Å². The van der Waals surface area contributed by atoms with Crippen molar-refractivity contribution in [3.8, 4) is 0 Å². The quantitative estimate of drug-likeness (QED) is 0.702. The van der Waals surface area contributed by atoms with Crippen molar-refractivity contribution in [1.29, 1.82) is 0 Å². The summed E-state index contributed by atoms with van der Waals surface area (Å²) in [5.74, 6) is -0.224. The van der Waals surface area contributed by atoms with Crippen LogP contribution in [-0.4, -0.2) is 25.2 Å². The van der Waals surface area contributed by atoms with Gasteiger partial charge in [0.1, 0.15) is 0 Å². The fourth-order valence-electron chi connectivity index (χ4n) is 5.66. The molecule has 134 valence electrons. The molecule has 4 rings (SSSR count). The molecule has 1 heterocycles. The minimum atomic E-state index is -1.01. The lowest BCUT2D eigenvalue weighted by atomic mass is 9.52. The first-order valence-electron chi connectivity index (χ1n) is 8.75. The highest BCUT2D eigenvalue weighted by Crippen LogP contribution is 2.67. The van der Waals surface area contributed by atoms with Crippen molar-refractivity contribution in [3.63, 3.8) is 0 Å². The van der Waals surface area contributed by atoms with Crippen LogP contribution >= 0.6 is 15.9 Å². The number of amides is 3. The SMILES string of the molecule is COC1CCC2(CC1)C(C)(C)c1ccc(Br)cc1C21NC(=O)NC1=O. The lowest BCUT2D eigenvalue weighted by molar-refractivity contribution is -0.135. The van der Waals surface area contributed by atoms with Gasteiger partial charge in [-0.05, 0) is 54.4 Å². The van der Waals surface area contributed by atoms with Crippen molar-refractivity contribution in [3.05, 3.63) is 33.8 Å². The molecular weight excluding hydrogens is 384 g/mol. The maximum atomic E-state index is 13.2. The van der Waals surface area contributed by atoms with Crippen LogP contribution in [0.5, 0.6) is 0 Å². The number of hydrogen-bond acceptors (Lipinski definition) is 3. The number of imide groups is 1.